The van der Waals surface area contributed by atoms with Crippen molar-refractivity contribution in [1.82, 2.24) is 15.3 Å². The van der Waals surface area contributed by atoms with Crippen molar-refractivity contribution in [2.24, 2.45) is 0 Å². The van der Waals surface area contributed by atoms with Gasteiger partial charge in [-0.1, -0.05) is 0 Å². The highest BCUT2D eigenvalue weighted by Gasteiger charge is 2.08. The molecule has 0 atom stereocenters. The van der Waals surface area contributed by atoms with Gasteiger partial charge in [0.1, 0.15) is 5.82 Å². The summed E-state index contributed by atoms with van der Waals surface area (Å²) < 4.78 is 10.7. The van der Waals surface area contributed by atoms with Crippen molar-refractivity contribution >= 4 is 11.6 Å². The lowest BCUT2D eigenvalue weighted by Gasteiger charge is -2.12. The minimum atomic E-state index is -0.0808. The van der Waals surface area contributed by atoms with Crippen LogP contribution in [0.2, 0.25) is 0 Å². The fourth-order valence-electron chi connectivity index (χ4n) is 2.07. The van der Waals surface area contributed by atoms with Gasteiger partial charge in [-0.3, -0.25) is 4.79 Å². The van der Waals surface area contributed by atoms with E-state index in [4.69, 9.17) is 9.47 Å². The Balaban J connectivity index is 1.77. The average Bonchev–Trinajstić information content (AvgIpc) is 2.61. The second-order valence-corrected chi connectivity index (χ2v) is 4.94. The zero-order valence-corrected chi connectivity index (χ0v) is 13.9. The van der Waals surface area contributed by atoms with Crippen LogP contribution in [0, 0.1) is 0 Å². The maximum absolute atomic E-state index is 12.0. The van der Waals surface area contributed by atoms with Gasteiger partial charge in [-0.25, -0.2) is 9.97 Å². The molecule has 0 aliphatic carbocycles. The van der Waals surface area contributed by atoms with Crippen LogP contribution in [0.3, 0.4) is 0 Å². The van der Waals surface area contributed by atoms with Gasteiger partial charge >= 0.3 is 0 Å². The van der Waals surface area contributed by atoms with Crippen molar-refractivity contribution in [2.45, 2.75) is 19.9 Å². The van der Waals surface area contributed by atoms with Gasteiger partial charge in [0.15, 0.2) is 11.5 Å². The third-order valence-electron chi connectivity index (χ3n) is 3.18. The van der Waals surface area contributed by atoms with Crippen LogP contribution in [0.4, 0.5) is 5.69 Å². The van der Waals surface area contributed by atoms with Gasteiger partial charge in [-0.2, -0.15) is 0 Å². The molecule has 2 aromatic rings. The first-order chi connectivity index (χ1) is 11.7. The number of hydrogen-bond acceptors (Lipinski definition) is 6. The molecule has 1 aromatic heterocycles. The Morgan fingerprint density at radius 3 is 2.71 bits per heavy atom. The number of hydrogen-bond donors (Lipinski definition) is 2. The highest BCUT2D eigenvalue weighted by atomic mass is 16.5. The van der Waals surface area contributed by atoms with Crippen molar-refractivity contribution in [2.75, 3.05) is 25.6 Å². The van der Waals surface area contributed by atoms with E-state index in [1.807, 2.05) is 6.92 Å². The highest BCUT2D eigenvalue weighted by molar-refractivity contribution is 5.91. The van der Waals surface area contributed by atoms with Gasteiger partial charge in [-0.05, 0) is 25.1 Å². The third-order valence-corrected chi connectivity index (χ3v) is 3.18. The summed E-state index contributed by atoms with van der Waals surface area (Å²) in [5.74, 6) is 1.87. The van der Waals surface area contributed by atoms with E-state index in [-0.39, 0.29) is 5.91 Å². The zero-order valence-electron chi connectivity index (χ0n) is 13.9. The Morgan fingerprint density at radius 2 is 2.00 bits per heavy atom. The number of methoxy groups -OCH3 is 1. The highest BCUT2D eigenvalue weighted by Crippen LogP contribution is 2.30. The fourth-order valence-corrected chi connectivity index (χ4v) is 2.07. The van der Waals surface area contributed by atoms with E-state index < -0.39 is 0 Å². The van der Waals surface area contributed by atoms with Crippen molar-refractivity contribution in [3.63, 3.8) is 0 Å². The first kappa shape index (κ1) is 17.7. The summed E-state index contributed by atoms with van der Waals surface area (Å²) in [5.41, 5.74) is 0.673. The molecule has 0 bridgehead atoms. The summed E-state index contributed by atoms with van der Waals surface area (Å²) in [6.07, 6.45) is 3.73. The summed E-state index contributed by atoms with van der Waals surface area (Å²) in [7, 11) is 1.57. The van der Waals surface area contributed by atoms with Crippen LogP contribution in [0.15, 0.2) is 36.7 Å². The summed E-state index contributed by atoms with van der Waals surface area (Å²) in [4.78, 5) is 20.2. The second-order valence-electron chi connectivity index (χ2n) is 4.94. The van der Waals surface area contributed by atoms with E-state index in [2.05, 4.69) is 20.6 Å². The molecule has 1 heterocycles. The molecule has 1 aromatic carbocycles. The molecule has 2 rings (SSSR count). The lowest BCUT2D eigenvalue weighted by atomic mass is 10.2. The molecule has 128 valence electrons. The Morgan fingerprint density at radius 1 is 1.21 bits per heavy atom. The van der Waals surface area contributed by atoms with Gasteiger partial charge in [-0.15, -0.1) is 0 Å². The molecular weight excluding hydrogens is 308 g/mol. The first-order valence-electron chi connectivity index (χ1n) is 7.80. The maximum Gasteiger partial charge on any atom is 0.225 e. The topological polar surface area (TPSA) is 85.4 Å². The van der Waals surface area contributed by atoms with Crippen LogP contribution in [-0.4, -0.2) is 36.1 Å². The first-order valence-corrected chi connectivity index (χ1v) is 7.80. The number of rotatable bonds is 9. The molecule has 0 unspecified atom stereocenters. The molecule has 0 saturated heterocycles. The SMILES string of the molecule is CCOc1ccc(NC(=O)CCNCc2ncccn2)cc1OC. The van der Waals surface area contributed by atoms with Gasteiger partial charge in [0.05, 0.1) is 20.3 Å². The van der Waals surface area contributed by atoms with E-state index in [9.17, 15) is 4.79 Å². The van der Waals surface area contributed by atoms with Crippen molar-refractivity contribution in [3.05, 3.63) is 42.5 Å². The number of carbonyl (C=O) groups is 1. The van der Waals surface area contributed by atoms with Crippen LogP contribution < -0.4 is 20.1 Å². The molecule has 7 heteroatoms. The average molecular weight is 330 g/mol. The molecule has 0 spiro atoms. The molecule has 0 saturated carbocycles. The monoisotopic (exact) mass is 330 g/mol. The van der Waals surface area contributed by atoms with Gasteiger partial charge in [0.2, 0.25) is 5.91 Å². The standard InChI is InChI=1S/C17H22N4O3/c1-3-24-14-6-5-13(11-15(14)23-2)21-17(22)7-10-18-12-16-19-8-4-9-20-16/h4-6,8-9,11,18H,3,7,10,12H2,1-2H3,(H,21,22). The molecule has 0 radical (unpaired) electrons. The summed E-state index contributed by atoms with van der Waals surface area (Å²) >= 11 is 0. The Labute approximate surface area is 141 Å². The smallest absolute Gasteiger partial charge is 0.225 e. The third kappa shape index (κ3) is 5.51. The van der Waals surface area contributed by atoms with Gasteiger partial charge < -0.3 is 20.1 Å². The number of nitrogens with zero attached hydrogens (tertiary/aromatic N) is 2. The molecule has 0 aliphatic heterocycles. The number of amides is 1. The van der Waals surface area contributed by atoms with Crippen LogP contribution in [0.5, 0.6) is 11.5 Å². The molecular formula is C17H22N4O3. The summed E-state index contributed by atoms with van der Waals surface area (Å²) in [5, 5.41) is 5.98. The Bertz CT molecular complexity index is 650. The number of ether oxygens (including phenoxy) is 2. The van der Waals surface area contributed by atoms with Crippen molar-refractivity contribution < 1.29 is 14.3 Å². The van der Waals surface area contributed by atoms with Crippen LogP contribution >= 0.6 is 0 Å². The minimum Gasteiger partial charge on any atom is -0.493 e. The molecule has 7 nitrogen and oxygen atoms in total. The lowest BCUT2D eigenvalue weighted by Crippen LogP contribution is -2.22. The molecule has 2 N–H and O–H groups in total. The summed E-state index contributed by atoms with van der Waals surface area (Å²) in [6, 6.07) is 7.08. The van der Waals surface area contributed by atoms with Gasteiger partial charge in [0.25, 0.3) is 0 Å². The number of anilines is 1. The lowest BCUT2D eigenvalue weighted by molar-refractivity contribution is -0.116. The molecule has 0 fully saturated rings. The Kier molecular flexibility index (Phi) is 6.97. The van der Waals surface area contributed by atoms with E-state index in [1.54, 1.807) is 43.8 Å². The van der Waals surface area contributed by atoms with Crippen LogP contribution in [0.1, 0.15) is 19.2 Å². The maximum atomic E-state index is 12.0. The number of benzene rings is 1. The van der Waals surface area contributed by atoms with E-state index in [1.165, 1.54) is 0 Å². The number of aromatic nitrogens is 2. The summed E-state index contributed by atoms with van der Waals surface area (Å²) in [6.45, 7) is 3.53. The second kappa shape index (κ2) is 9.46. The predicted octanol–water partition coefficient (Wildman–Crippen LogP) is 2.00. The number of carbonyl (C=O) groups excluding carboxylic acids is 1. The van der Waals surface area contributed by atoms with E-state index >= 15 is 0 Å². The molecule has 1 amide bonds. The van der Waals surface area contributed by atoms with Crippen LogP contribution in [-0.2, 0) is 11.3 Å². The van der Waals surface area contributed by atoms with Crippen LogP contribution in [0.25, 0.3) is 0 Å². The van der Waals surface area contributed by atoms with Gasteiger partial charge in [0, 0.05) is 37.1 Å². The van der Waals surface area contributed by atoms with Crippen molar-refractivity contribution in [1.29, 1.82) is 0 Å². The predicted molar refractivity (Wildman–Crippen MR) is 91.1 cm³/mol. The largest absolute Gasteiger partial charge is 0.493 e. The molecule has 24 heavy (non-hydrogen) atoms. The fraction of sp³-hybridized carbons (Fsp3) is 0.353. The minimum absolute atomic E-state index is 0.0808. The quantitative estimate of drug-likeness (QED) is 0.684. The molecule has 0 aliphatic rings. The van der Waals surface area contributed by atoms with Crippen molar-refractivity contribution in [3.8, 4) is 11.5 Å². The number of nitrogens with one attached hydrogen (secondary N) is 2. The normalized spacial score (nSPS) is 10.2. The van der Waals surface area contributed by atoms with E-state index in [0.717, 1.165) is 0 Å². The van der Waals surface area contributed by atoms with E-state index in [0.29, 0.717) is 49.1 Å². The Hall–Kier alpha value is -2.67. The zero-order chi connectivity index (χ0) is 17.2.